The van der Waals surface area contributed by atoms with Crippen LogP contribution in [0.1, 0.15) is 32.1 Å². The topological polar surface area (TPSA) is 52.6 Å². The molecular formula is C13H24N2O2. The maximum Gasteiger partial charge on any atom is 0.226 e. The lowest BCUT2D eigenvalue weighted by Gasteiger charge is -2.35. The van der Waals surface area contributed by atoms with Gasteiger partial charge in [0.25, 0.3) is 0 Å². The third-order valence-electron chi connectivity index (χ3n) is 4.01. The predicted octanol–water partition coefficient (Wildman–Crippen LogP) is 0.607. The van der Waals surface area contributed by atoms with E-state index in [4.69, 9.17) is 5.11 Å². The average Bonchev–Trinajstić information content (AvgIpc) is 2.40. The van der Waals surface area contributed by atoms with Gasteiger partial charge in [0.2, 0.25) is 5.91 Å². The summed E-state index contributed by atoms with van der Waals surface area (Å²) < 4.78 is 0. The number of rotatable bonds is 3. The molecule has 2 saturated heterocycles. The number of piperidine rings is 2. The fourth-order valence-corrected chi connectivity index (χ4v) is 3.00. The summed E-state index contributed by atoms with van der Waals surface area (Å²) in [4.78, 5) is 14.4. The van der Waals surface area contributed by atoms with E-state index in [-0.39, 0.29) is 12.5 Å². The molecule has 0 aromatic heterocycles. The lowest BCUT2D eigenvalue weighted by atomic mass is 9.92. The van der Waals surface area contributed by atoms with Crippen LogP contribution < -0.4 is 5.32 Å². The summed E-state index contributed by atoms with van der Waals surface area (Å²) in [6.07, 6.45) is 5.24. The van der Waals surface area contributed by atoms with Crippen LogP contribution in [0.15, 0.2) is 0 Å². The molecule has 0 spiro atoms. The minimum absolute atomic E-state index is 0.191. The number of nitrogens with one attached hydrogen (secondary N) is 1. The molecule has 2 aliphatic rings. The second-order valence-electron chi connectivity index (χ2n) is 5.35. The molecule has 1 amide bonds. The number of hydrogen-bond donors (Lipinski definition) is 2. The highest BCUT2D eigenvalue weighted by atomic mass is 16.3. The molecule has 17 heavy (non-hydrogen) atoms. The number of amides is 1. The lowest BCUT2D eigenvalue weighted by molar-refractivity contribution is -0.138. The predicted molar refractivity (Wildman–Crippen MR) is 66.6 cm³/mol. The SMILES string of the molecule is O=C(C1CCCNC1)N1CCCC(CCO)C1. The van der Waals surface area contributed by atoms with E-state index < -0.39 is 0 Å². The summed E-state index contributed by atoms with van der Waals surface area (Å²) >= 11 is 0. The zero-order chi connectivity index (χ0) is 12.1. The molecule has 0 saturated carbocycles. The third-order valence-corrected chi connectivity index (χ3v) is 4.01. The van der Waals surface area contributed by atoms with Crippen molar-refractivity contribution in [2.45, 2.75) is 32.1 Å². The number of carbonyl (C=O) groups is 1. The van der Waals surface area contributed by atoms with Crippen LogP contribution in [0, 0.1) is 11.8 Å². The maximum atomic E-state index is 12.3. The van der Waals surface area contributed by atoms with Crippen molar-refractivity contribution in [1.82, 2.24) is 10.2 Å². The fraction of sp³-hybridized carbons (Fsp3) is 0.923. The summed E-state index contributed by atoms with van der Waals surface area (Å²) in [5.74, 6) is 1.03. The molecule has 2 atom stereocenters. The van der Waals surface area contributed by atoms with Gasteiger partial charge in [0.1, 0.15) is 0 Å². The van der Waals surface area contributed by atoms with E-state index >= 15 is 0 Å². The minimum atomic E-state index is 0.191. The second kappa shape index (κ2) is 6.36. The number of likely N-dealkylation sites (tertiary alicyclic amines) is 1. The molecule has 2 heterocycles. The number of carbonyl (C=O) groups excluding carboxylic acids is 1. The first-order valence-electron chi connectivity index (χ1n) is 6.91. The Bertz CT molecular complexity index is 250. The smallest absolute Gasteiger partial charge is 0.226 e. The summed E-state index contributed by atoms with van der Waals surface area (Å²) in [7, 11) is 0. The molecule has 2 N–H and O–H groups in total. The van der Waals surface area contributed by atoms with E-state index in [1.807, 2.05) is 4.90 Å². The number of aliphatic hydroxyl groups excluding tert-OH is 1. The Balaban J connectivity index is 1.85. The van der Waals surface area contributed by atoms with Crippen LogP contribution in [0.25, 0.3) is 0 Å². The van der Waals surface area contributed by atoms with Crippen molar-refractivity contribution in [2.75, 3.05) is 32.8 Å². The highest BCUT2D eigenvalue weighted by Crippen LogP contribution is 2.22. The van der Waals surface area contributed by atoms with Crippen LogP contribution in [0.3, 0.4) is 0 Å². The van der Waals surface area contributed by atoms with Gasteiger partial charge in [-0.3, -0.25) is 4.79 Å². The van der Waals surface area contributed by atoms with Crippen LogP contribution in [0.2, 0.25) is 0 Å². The second-order valence-corrected chi connectivity index (χ2v) is 5.35. The first-order chi connectivity index (χ1) is 8.31. The quantitative estimate of drug-likeness (QED) is 0.760. The highest BCUT2D eigenvalue weighted by Gasteiger charge is 2.29. The van der Waals surface area contributed by atoms with Crippen LogP contribution >= 0.6 is 0 Å². The van der Waals surface area contributed by atoms with Crippen molar-refractivity contribution in [3.8, 4) is 0 Å². The van der Waals surface area contributed by atoms with E-state index in [9.17, 15) is 4.79 Å². The first-order valence-corrected chi connectivity index (χ1v) is 6.91. The van der Waals surface area contributed by atoms with Gasteiger partial charge in [0.15, 0.2) is 0 Å². The fourth-order valence-electron chi connectivity index (χ4n) is 3.00. The summed E-state index contributed by atoms with van der Waals surface area (Å²) in [5.41, 5.74) is 0. The molecule has 4 heteroatoms. The van der Waals surface area contributed by atoms with Crippen LogP contribution in [0.4, 0.5) is 0 Å². The highest BCUT2D eigenvalue weighted by molar-refractivity contribution is 5.79. The molecule has 0 aromatic rings. The monoisotopic (exact) mass is 240 g/mol. The largest absolute Gasteiger partial charge is 0.396 e. The molecule has 0 aliphatic carbocycles. The lowest BCUT2D eigenvalue weighted by Crippen LogP contribution is -2.47. The van der Waals surface area contributed by atoms with Crippen LogP contribution in [-0.4, -0.2) is 48.7 Å². The Morgan fingerprint density at radius 1 is 1.35 bits per heavy atom. The summed E-state index contributed by atoms with van der Waals surface area (Å²) in [6.45, 7) is 3.92. The zero-order valence-corrected chi connectivity index (χ0v) is 10.5. The van der Waals surface area contributed by atoms with Gasteiger partial charge in [0, 0.05) is 26.2 Å². The van der Waals surface area contributed by atoms with Gasteiger partial charge in [-0.15, -0.1) is 0 Å². The van der Waals surface area contributed by atoms with Gasteiger partial charge < -0.3 is 15.3 Å². The number of aliphatic hydroxyl groups is 1. The average molecular weight is 240 g/mol. The van der Waals surface area contributed by atoms with Crippen molar-refractivity contribution >= 4 is 5.91 Å². The Kier molecular flexibility index (Phi) is 4.80. The Morgan fingerprint density at radius 3 is 2.94 bits per heavy atom. The molecule has 98 valence electrons. The van der Waals surface area contributed by atoms with E-state index in [0.29, 0.717) is 11.8 Å². The van der Waals surface area contributed by atoms with E-state index in [2.05, 4.69) is 5.32 Å². The van der Waals surface area contributed by atoms with Crippen LogP contribution in [0.5, 0.6) is 0 Å². The van der Waals surface area contributed by atoms with E-state index in [0.717, 1.165) is 58.3 Å². The molecule has 2 fully saturated rings. The van der Waals surface area contributed by atoms with Crippen molar-refractivity contribution < 1.29 is 9.90 Å². The van der Waals surface area contributed by atoms with Crippen LogP contribution in [-0.2, 0) is 4.79 Å². The molecule has 0 radical (unpaired) electrons. The Morgan fingerprint density at radius 2 is 2.24 bits per heavy atom. The normalized spacial score (nSPS) is 30.3. The summed E-state index contributed by atoms with van der Waals surface area (Å²) in [5, 5.41) is 12.3. The standard InChI is InChI=1S/C13H24N2O2/c16-8-5-11-3-2-7-15(10-11)13(17)12-4-1-6-14-9-12/h11-12,14,16H,1-10H2. The van der Waals surface area contributed by atoms with Crippen molar-refractivity contribution in [3.05, 3.63) is 0 Å². The number of nitrogens with zero attached hydrogens (tertiary/aromatic N) is 1. The van der Waals surface area contributed by atoms with Crippen molar-refractivity contribution in [1.29, 1.82) is 0 Å². The Hall–Kier alpha value is -0.610. The van der Waals surface area contributed by atoms with Gasteiger partial charge in [-0.1, -0.05) is 0 Å². The first kappa shape index (κ1) is 12.8. The molecule has 4 nitrogen and oxygen atoms in total. The van der Waals surface area contributed by atoms with Crippen molar-refractivity contribution in [3.63, 3.8) is 0 Å². The molecule has 2 unspecified atom stereocenters. The maximum absolute atomic E-state index is 12.3. The van der Waals surface area contributed by atoms with Gasteiger partial charge in [-0.2, -0.15) is 0 Å². The molecule has 0 bridgehead atoms. The van der Waals surface area contributed by atoms with Gasteiger partial charge in [-0.05, 0) is 44.6 Å². The molecular weight excluding hydrogens is 216 g/mol. The minimum Gasteiger partial charge on any atom is -0.396 e. The van der Waals surface area contributed by atoms with Gasteiger partial charge in [0.05, 0.1) is 5.92 Å². The molecule has 2 aliphatic heterocycles. The molecule has 2 rings (SSSR count). The van der Waals surface area contributed by atoms with Gasteiger partial charge in [-0.25, -0.2) is 0 Å². The van der Waals surface area contributed by atoms with E-state index in [1.165, 1.54) is 0 Å². The third kappa shape index (κ3) is 3.42. The Labute approximate surface area is 103 Å². The number of hydrogen-bond acceptors (Lipinski definition) is 3. The van der Waals surface area contributed by atoms with Crippen molar-refractivity contribution in [2.24, 2.45) is 11.8 Å². The zero-order valence-electron chi connectivity index (χ0n) is 10.5. The summed E-state index contributed by atoms with van der Waals surface area (Å²) in [6, 6.07) is 0. The van der Waals surface area contributed by atoms with Gasteiger partial charge >= 0.3 is 0 Å². The van der Waals surface area contributed by atoms with E-state index in [1.54, 1.807) is 0 Å². The molecule has 0 aromatic carbocycles.